The molecule has 0 saturated carbocycles. The summed E-state index contributed by atoms with van der Waals surface area (Å²) >= 11 is 17.2. The van der Waals surface area contributed by atoms with Gasteiger partial charge in [0.15, 0.2) is 0 Å². The van der Waals surface area contributed by atoms with Gasteiger partial charge in [0, 0.05) is 11.1 Å². The molecule has 0 spiro atoms. The highest BCUT2D eigenvalue weighted by Crippen LogP contribution is 2.43. The van der Waals surface area contributed by atoms with Gasteiger partial charge in [0.2, 0.25) is 3.79 Å². The Morgan fingerprint density at radius 2 is 1.93 bits per heavy atom. The molecule has 1 aliphatic heterocycles. The van der Waals surface area contributed by atoms with Gasteiger partial charge in [-0.05, 0) is 17.2 Å². The quantitative estimate of drug-likeness (QED) is 0.685. The maximum absolute atomic E-state index is 5.77. The Bertz CT molecular complexity index is 467. The van der Waals surface area contributed by atoms with E-state index in [1.165, 1.54) is 0 Å². The molecule has 15 heavy (non-hydrogen) atoms. The number of hydrogen-bond acceptors (Lipinski definition) is 1. The molecule has 0 saturated heterocycles. The van der Waals surface area contributed by atoms with Gasteiger partial charge in [-0.25, -0.2) is 0 Å². The smallest absolute Gasteiger partial charge is 0.216 e. The van der Waals surface area contributed by atoms with Crippen LogP contribution < -0.4 is 0 Å². The normalized spacial score (nSPS) is 11.9. The lowest BCUT2D eigenvalue weighted by Gasteiger charge is -2.14. The Balaban J connectivity index is 2.51. The average Bonchev–Trinajstić information content (AvgIpc) is 2.58. The molecule has 0 aromatic rings. The van der Waals surface area contributed by atoms with Gasteiger partial charge in [-0.2, -0.15) is 0 Å². The maximum atomic E-state index is 5.77. The van der Waals surface area contributed by atoms with Gasteiger partial charge in [0.05, 0.1) is 12.5 Å². The van der Waals surface area contributed by atoms with Crippen molar-refractivity contribution in [1.29, 1.82) is 0 Å². The Morgan fingerprint density at radius 1 is 1.20 bits per heavy atom. The molecule has 0 fully saturated rings. The third kappa shape index (κ3) is 2.00. The molecular weight excluding hydrogens is 254 g/mol. The molecule has 0 aromatic carbocycles. The summed E-state index contributed by atoms with van der Waals surface area (Å²) in [5.41, 5.74) is 2.77. The summed E-state index contributed by atoms with van der Waals surface area (Å²) in [6, 6.07) is 5.45. The van der Waals surface area contributed by atoms with Gasteiger partial charge in [0.1, 0.15) is 0 Å². The van der Waals surface area contributed by atoms with Crippen LogP contribution in [-0.4, -0.2) is 3.79 Å². The minimum Gasteiger partial charge on any atom is -0.472 e. The standard InChI is InChI=1S/C11H6Cl3O/c1-7(11(12,13)14)9-3-2-8-6-15-5-4-10(8)9/h1-6H. The molecule has 1 nitrogen and oxygen atoms in total. The Morgan fingerprint density at radius 3 is 2.60 bits per heavy atom. The van der Waals surface area contributed by atoms with E-state index in [0.29, 0.717) is 0 Å². The highest BCUT2D eigenvalue weighted by molar-refractivity contribution is 6.72. The molecule has 0 bridgehead atoms. The molecule has 77 valence electrons. The summed E-state index contributed by atoms with van der Waals surface area (Å²) in [6.45, 7) is 5.77. The molecule has 0 N–H and O–H groups in total. The van der Waals surface area contributed by atoms with Gasteiger partial charge < -0.3 is 4.42 Å². The van der Waals surface area contributed by atoms with Gasteiger partial charge in [0.25, 0.3) is 0 Å². The van der Waals surface area contributed by atoms with Gasteiger partial charge in [-0.15, -0.1) is 0 Å². The van der Waals surface area contributed by atoms with Gasteiger partial charge >= 0.3 is 0 Å². The molecule has 4 heteroatoms. The Kier molecular flexibility index (Phi) is 2.72. The first-order valence-electron chi connectivity index (χ1n) is 4.15. The van der Waals surface area contributed by atoms with Gasteiger partial charge in [-0.1, -0.05) is 53.5 Å². The lowest BCUT2D eigenvalue weighted by molar-refractivity contribution is 0.552. The fourth-order valence-corrected chi connectivity index (χ4v) is 1.71. The minimum absolute atomic E-state index is 0.216. The zero-order valence-electron chi connectivity index (χ0n) is 7.51. The van der Waals surface area contributed by atoms with E-state index in [4.69, 9.17) is 45.8 Å². The topological polar surface area (TPSA) is 13.1 Å². The van der Waals surface area contributed by atoms with Crippen LogP contribution in [0.2, 0.25) is 0 Å². The molecule has 1 radical (unpaired) electrons. The largest absolute Gasteiger partial charge is 0.472 e. The van der Waals surface area contributed by atoms with Crippen molar-refractivity contribution in [2.75, 3.05) is 0 Å². The Hall–Kier alpha value is -0.630. The summed E-state index contributed by atoms with van der Waals surface area (Å²) in [5, 5.41) is 0. The summed E-state index contributed by atoms with van der Waals surface area (Å²) in [6.07, 6.45) is 3.17. The monoisotopic (exact) mass is 259 g/mol. The van der Waals surface area contributed by atoms with E-state index in [9.17, 15) is 0 Å². The third-order valence-electron chi connectivity index (χ3n) is 2.13. The molecule has 2 rings (SSSR count). The summed E-state index contributed by atoms with van der Waals surface area (Å²) < 4.78 is 3.43. The van der Waals surface area contributed by atoms with Crippen LogP contribution in [0.4, 0.5) is 0 Å². The van der Waals surface area contributed by atoms with Crippen LogP contribution >= 0.6 is 34.8 Å². The summed E-state index contributed by atoms with van der Waals surface area (Å²) in [5.74, 6) is 0. The number of rotatable bonds is 1. The lowest BCUT2D eigenvalue weighted by atomic mass is 10.1. The fourth-order valence-electron chi connectivity index (χ4n) is 1.40. The van der Waals surface area contributed by atoms with Crippen LogP contribution in [0, 0.1) is 6.58 Å². The highest BCUT2D eigenvalue weighted by Gasteiger charge is 2.28. The number of fused-ring (bicyclic) bond motifs is 1. The number of allylic oxidation sites excluding steroid dienone is 1. The molecule has 1 heterocycles. The van der Waals surface area contributed by atoms with E-state index in [0.717, 1.165) is 16.7 Å². The molecule has 0 unspecified atom stereocenters. The lowest BCUT2D eigenvalue weighted by Crippen LogP contribution is -2.04. The van der Waals surface area contributed by atoms with Crippen molar-refractivity contribution in [3.05, 3.63) is 42.9 Å². The van der Waals surface area contributed by atoms with Crippen LogP contribution in [0.3, 0.4) is 0 Å². The predicted molar refractivity (Wildman–Crippen MR) is 63.3 cm³/mol. The number of halogens is 3. The van der Waals surface area contributed by atoms with E-state index in [-0.39, 0.29) is 5.57 Å². The number of alkyl halides is 3. The SMILES string of the molecule is [CH]=C(c1ccc2coccc1-2)C(Cl)(Cl)Cl. The van der Waals surface area contributed by atoms with E-state index < -0.39 is 3.79 Å². The van der Waals surface area contributed by atoms with Crippen LogP contribution in [0.5, 0.6) is 0 Å². The zero-order valence-corrected chi connectivity index (χ0v) is 9.77. The first-order valence-corrected chi connectivity index (χ1v) is 5.28. The third-order valence-corrected chi connectivity index (χ3v) is 2.75. The van der Waals surface area contributed by atoms with Crippen LogP contribution in [-0.2, 0) is 0 Å². The number of hydrogen-bond donors (Lipinski definition) is 0. The van der Waals surface area contributed by atoms with Crippen molar-refractivity contribution in [1.82, 2.24) is 0 Å². The average molecular weight is 261 g/mol. The van der Waals surface area contributed by atoms with Crippen molar-refractivity contribution in [2.24, 2.45) is 0 Å². The summed E-state index contributed by atoms with van der Waals surface area (Å²) in [4.78, 5) is 0. The van der Waals surface area contributed by atoms with Crippen molar-refractivity contribution in [3.8, 4) is 11.1 Å². The molecular formula is C11H6Cl3O. The first-order chi connectivity index (χ1) is 7.00. The molecule has 0 amide bonds. The predicted octanol–water partition coefficient (Wildman–Crippen LogP) is 4.57. The van der Waals surface area contributed by atoms with Crippen molar-refractivity contribution >= 4 is 40.4 Å². The molecule has 2 aliphatic rings. The minimum atomic E-state index is -1.59. The Labute approximate surface area is 103 Å². The summed E-state index contributed by atoms with van der Waals surface area (Å²) in [7, 11) is 0. The van der Waals surface area contributed by atoms with Crippen LogP contribution in [0.25, 0.3) is 16.7 Å². The second-order valence-corrected chi connectivity index (χ2v) is 5.37. The zero-order chi connectivity index (χ0) is 11.1. The fraction of sp³-hybridized carbons (Fsp3) is 0.0909. The van der Waals surface area contributed by atoms with Crippen LogP contribution in [0.15, 0.2) is 35.1 Å². The van der Waals surface area contributed by atoms with Gasteiger partial charge in [-0.3, -0.25) is 0 Å². The maximum Gasteiger partial charge on any atom is 0.216 e. The van der Waals surface area contributed by atoms with E-state index in [1.54, 1.807) is 24.7 Å². The van der Waals surface area contributed by atoms with E-state index in [2.05, 4.69) is 0 Å². The van der Waals surface area contributed by atoms with Crippen molar-refractivity contribution in [3.63, 3.8) is 0 Å². The van der Waals surface area contributed by atoms with Crippen molar-refractivity contribution < 1.29 is 4.42 Å². The highest BCUT2D eigenvalue weighted by atomic mass is 35.6. The molecule has 0 atom stereocenters. The van der Waals surface area contributed by atoms with Crippen LogP contribution in [0.1, 0.15) is 5.56 Å². The second kappa shape index (κ2) is 3.75. The van der Waals surface area contributed by atoms with E-state index >= 15 is 0 Å². The molecule has 0 aromatic heterocycles. The van der Waals surface area contributed by atoms with Crippen molar-refractivity contribution in [2.45, 2.75) is 3.79 Å². The van der Waals surface area contributed by atoms with E-state index in [1.807, 2.05) is 6.07 Å². The second-order valence-electron chi connectivity index (χ2n) is 3.08. The first kappa shape index (κ1) is 10.9. The molecule has 1 aliphatic carbocycles.